The summed E-state index contributed by atoms with van der Waals surface area (Å²) in [5.74, 6) is 0. The SMILES string of the molecule is CCCCCCCCNS(=O)(=O)c1ccnc(Cl)c1. The lowest BCUT2D eigenvalue weighted by Crippen LogP contribution is -2.24. The Morgan fingerprint density at radius 1 is 1.21 bits per heavy atom. The van der Waals surface area contributed by atoms with Crippen molar-refractivity contribution in [3.63, 3.8) is 0 Å². The van der Waals surface area contributed by atoms with E-state index >= 15 is 0 Å². The van der Waals surface area contributed by atoms with E-state index in [1.54, 1.807) is 0 Å². The van der Waals surface area contributed by atoms with Crippen molar-refractivity contribution in [2.45, 2.75) is 50.3 Å². The molecule has 6 heteroatoms. The lowest BCUT2D eigenvalue weighted by Gasteiger charge is -2.06. The van der Waals surface area contributed by atoms with Gasteiger partial charge in [0.2, 0.25) is 10.0 Å². The first-order chi connectivity index (χ1) is 9.06. The van der Waals surface area contributed by atoms with Gasteiger partial charge in [0, 0.05) is 12.7 Å². The van der Waals surface area contributed by atoms with E-state index in [0.29, 0.717) is 6.54 Å². The molecule has 0 aliphatic rings. The molecule has 19 heavy (non-hydrogen) atoms. The van der Waals surface area contributed by atoms with Crippen LogP contribution in [0.3, 0.4) is 0 Å². The summed E-state index contributed by atoms with van der Waals surface area (Å²) in [6.45, 7) is 2.64. The molecule has 0 radical (unpaired) electrons. The number of rotatable bonds is 9. The zero-order valence-electron chi connectivity index (χ0n) is 11.2. The monoisotopic (exact) mass is 304 g/mol. The Kier molecular flexibility index (Phi) is 7.34. The Morgan fingerprint density at radius 2 is 1.89 bits per heavy atom. The van der Waals surface area contributed by atoms with Crippen LogP contribution in [0.1, 0.15) is 45.4 Å². The minimum Gasteiger partial charge on any atom is -0.244 e. The van der Waals surface area contributed by atoms with Crippen molar-refractivity contribution in [1.82, 2.24) is 9.71 Å². The van der Waals surface area contributed by atoms with Gasteiger partial charge in [0.25, 0.3) is 0 Å². The van der Waals surface area contributed by atoms with Gasteiger partial charge >= 0.3 is 0 Å². The van der Waals surface area contributed by atoms with Crippen LogP contribution < -0.4 is 4.72 Å². The normalized spacial score (nSPS) is 11.7. The molecule has 0 aliphatic carbocycles. The van der Waals surface area contributed by atoms with Crippen LogP contribution in [0.2, 0.25) is 5.15 Å². The van der Waals surface area contributed by atoms with E-state index in [9.17, 15) is 8.42 Å². The minimum atomic E-state index is -3.45. The molecule has 0 unspecified atom stereocenters. The first-order valence-corrected chi connectivity index (χ1v) is 8.53. The molecule has 108 valence electrons. The summed E-state index contributed by atoms with van der Waals surface area (Å²) in [6, 6.07) is 2.79. The lowest BCUT2D eigenvalue weighted by molar-refractivity contribution is 0.567. The van der Waals surface area contributed by atoms with Crippen LogP contribution in [-0.2, 0) is 10.0 Å². The van der Waals surface area contributed by atoms with Crippen molar-refractivity contribution >= 4 is 21.6 Å². The van der Waals surface area contributed by atoms with Gasteiger partial charge in [0.1, 0.15) is 5.15 Å². The number of sulfonamides is 1. The largest absolute Gasteiger partial charge is 0.244 e. The van der Waals surface area contributed by atoms with Gasteiger partial charge in [-0.15, -0.1) is 0 Å². The van der Waals surface area contributed by atoms with E-state index in [2.05, 4.69) is 16.6 Å². The van der Waals surface area contributed by atoms with Crippen LogP contribution in [0.5, 0.6) is 0 Å². The van der Waals surface area contributed by atoms with Gasteiger partial charge in [-0.05, 0) is 18.6 Å². The molecule has 0 aliphatic heterocycles. The second-order valence-electron chi connectivity index (χ2n) is 4.48. The van der Waals surface area contributed by atoms with E-state index in [1.807, 2.05) is 0 Å². The maximum absolute atomic E-state index is 11.9. The highest BCUT2D eigenvalue weighted by Gasteiger charge is 2.13. The number of hydrogen-bond acceptors (Lipinski definition) is 3. The summed E-state index contributed by atoms with van der Waals surface area (Å²) in [4.78, 5) is 3.93. The standard InChI is InChI=1S/C13H21ClN2O2S/c1-2-3-4-5-6-7-9-16-19(17,18)12-8-10-15-13(14)11-12/h8,10-11,16H,2-7,9H2,1H3. The zero-order valence-corrected chi connectivity index (χ0v) is 12.8. The summed E-state index contributed by atoms with van der Waals surface area (Å²) >= 11 is 5.68. The van der Waals surface area contributed by atoms with Crippen LogP contribution in [0.25, 0.3) is 0 Å². The van der Waals surface area contributed by atoms with Crippen molar-refractivity contribution in [3.8, 4) is 0 Å². The molecule has 0 bridgehead atoms. The van der Waals surface area contributed by atoms with Crippen LogP contribution in [0.15, 0.2) is 23.2 Å². The first-order valence-electron chi connectivity index (χ1n) is 6.67. The average Bonchev–Trinajstić information content (AvgIpc) is 2.38. The Bertz CT molecular complexity index is 477. The molecule has 1 aromatic heterocycles. The Hall–Kier alpha value is -0.650. The molecule has 0 amide bonds. The summed E-state index contributed by atoms with van der Waals surface area (Å²) in [6.07, 6.45) is 8.17. The second kappa shape index (κ2) is 8.51. The zero-order chi connectivity index (χ0) is 14.1. The van der Waals surface area contributed by atoms with E-state index in [1.165, 1.54) is 37.6 Å². The number of nitrogens with zero attached hydrogens (tertiary/aromatic N) is 1. The summed E-state index contributed by atoms with van der Waals surface area (Å²) in [7, 11) is -3.45. The summed E-state index contributed by atoms with van der Waals surface area (Å²) in [5, 5.41) is 0.183. The van der Waals surface area contributed by atoms with Gasteiger partial charge in [-0.1, -0.05) is 50.6 Å². The molecule has 0 saturated carbocycles. The Balaban J connectivity index is 2.32. The van der Waals surface area contributed by atoms with Gasteiger partial charge < -0.3 is 0 Å². The molecule has 0 fully saturated rings. The molecule has 0 aromatic carbocycles. The molecule has 1 heterocycles. The summed E-state index contributed by atoms with van der Waals surface area (Å²) < 4.78 is 26.4. The number of pyridine rings is 1. The number of nitrogens with one attached hydrogen (secondary N) is 1. The molecule has 4 nitrogen and oxygen atoms in total. The fourth-order valence-electron chi connectivity index (χ4n) is 1.75. The third-order valence-electron chi connectivity index (χ3n) is 2.83. The predicted molar refractivity (Wildman–Crippen MR) is 77.8 cm³/mol. The van der Waals surface area contributed by atoms with Gasteiger partial charge in [-0.2, -0.15) is 0 Å². The van der Waals surface area contributed by atoms with Gasteiger partial charge in [0.15, 0.2) is 0 Å². The van der Waals surface area contributed by atoms with Gasteiger partial charge in [0.05, 0.1) is 4.90 Å². The molecule has 1 aromatic rings. The van der Waals surface area contributed by atoms with E-state index in [0.717, 1.165) is 19.3 Å². The Labute approximate surface area is 120 Å². The van der Waals surface area contributed by atoms with E-state index < -0.39 is 10.0 Å². The molecule has 1 N–H and O–H groups in total. The van der Waals surface area contributed by atoms with E-state index in [-0.39, 0.29) is 10.0 Å². The minimum absolute atomic E-state index is 0.165. The number of aromatic nitrogens is 1. The van der Waals surface area contributed by atoms with E-state index in [4.69, 9.17) is 11.6 Å². The number of hydrogen-bond donors (Lipinski definition) is 1. The van der Waals surface area contributed by atoms with Crippen molar-refractivity contribution in [2.24, 2.45) is 0 Å². The molecule has 1 rings (SSSR count). The van der Waals surface area contributed by atoms with Gasteiger partial charge in [-0.25, -0.2) is 18.1 Å². The maximum Gasteiger partial charge on any atom is 0.240 e. The average molecular weight is 305 g/mol. The quantitative estimate of drug-likeness (QED) is 0.562. The highest BCUT2D eigenvalue weighted by molar-refractivity contribution is 7.89. The van der Waals surface area contributed by atoms with Crippen LogP contribution in [-0.4, -0.2) is 19.9 Å². The fraction of sp³-hybridized carbons (Fsp3) is 0.615. The highest BCUT2D eigenvalue weighted by atomic mass is 35.5. The molecular weight excluding hydrogens is 284 g/mol. The third kappa shape index (κ3) is 6.36. The topological polar surface area (TPSA) is 59.1 Å². The Morgan fingerprint density at radius 3 is 2.58 bits per heavy atom. The highest BCUT2D eigenvalue weighted by Crippen LogP contribution is 2.12. The first kappa shape index (κ1) is 16.4. The van der Waals surface area contributed by atoms with Gasteiger partial charge in [-0.3, -0.25) is 0 Å². The molecule has 0 atom stereocenters. The smallest absolute Gasteiger partial charge is 0.240 e. The molecule has 0 saturated heterocycles. The predicted octanol–water partition coefficient (Wildman–Crippen LogP) is 3.37. The molecule has 0 spiro atoms. The van der Waals surface area contributed by atoms with Crippen molar-refractivity contribution in [1.29, 1.82) is 0 Å². The fourth-order valence-corrected chi connectivity index (χ4v) is 3.07. The maximum atomic E-state index is 11.9. The number of halogens is 1. The van der Waals surface area contributed by atoms with Crippen molar-refractivity contribution in [2.75, 3.05) is 6.54 Å². The van der Waals surface area contributed by atoms with Crippen LogP contribution in [0, 0.1) is 0 Å². The van der Waals surface area contributed by atoms with Crippen LogP contribution in [0.4, 0.5) is 0 Å². The summed E-state index contributed by atoms with van der Waals surface area (Å²) in [5.41, 5.74) is 0. The van der Waals surface area contributed by atoms with Crippen molar-refractivity contribution < 1.29 is 8.42 Å². The number of unbranched alkanes of at least 4 members (excludes halogenated alkanes) is 5. The molecular formula is C13H21ClN2O2S. The third-order valence-corrected chi connectivity index (χ3v) is 4.50. The van der Waals surface area contributed by atoms with Crippen molar-refractivity contribution in [3.05, 3.63) is 23.5 Å². The lowest BCUT2D eigenvalue weighted by atomic mass is 10.1. The van der Waals surface area contributed by atoms with Crippen LogP contribution >= 0.6 is 11.6 Å². The second-order valence-corrected chi connectivity index (χ2v) is 6.63.